The van der Waals surface area contributed by atoms with E-state index in [1.54, 1.807) is 6.08 Å². The average molecular weight is 360 g/mol. The first-order valence-corrected chi connectivity index (χ1v) is 8.76. The number of hydrogen-bond acceptors (Lipinski definition) is 4. The molecule has 1 aromatic carbocycles. The van der Waals surface area contributed by atoms with E-state index in [1.807, 2.05) is 31.2 Å². The second kappa shape index (κ2) is 9.22. The molecule has 0 radical (unpaired) electrons. The summed E-state index contributed by atoms with van der Waals surface area (Å²) >= 11 is 5.23. The molecule has 0 spiro atoms. The molecule has 0 saturated heterocycles. The van der Waals surface area contributed by atoms with Gasteiger partial charge in [-0.15, -0.1) is 0 Å². The molecule has 0 bridgehead atoms. The number of hydrogen-bond donors (Lipinski definition) is 2. The number of carbonyl (C=O) groups is 1. The first kappa shape index (κ1) is 19.0. The number of esters is 1. The SMILES string of the molecule is C=CCOC(=O)C1=C(C)NC(=S)NC1c1ccc(OCCCC)cc1. The highest BCUT2D eigenvalue weighted by Crippen LogP contribution is 2.29. The number of allylic oxidation sites excluding steroid dienone is 1. The molecular formula is C19H24N2O3S. The molecule has 1 heterocycles. The summed E-state index contributed by atoms with van der Waals surface area (Å²) in [6.45, 7) is 8.37. The highest BCUT2D eigenvalue weighted by Gasteiger charge is 2.30. The molecule has 5 nitrogen and oxygen atoms in total. The van der Waals surface area contributed by atoms with Gasteiger partial charge >= 0.3 is 5.97 Å². The van der Waals surface area contributed by atoms with E-state index < -0.39 is 5.97 Å². The third-order valence-electron chi connectivity index (χ3n) is 3.80. The fourth-order valence-corrected chi connectivity index (χ4v) is 2.79. The minimum atomic E-state index is -0.395. The maximum Gasteiger partial charge on any atom is 0.338 e. The van der Waals surface area contributed by atoms with Gasteiger partial charge in [-0.2, -0.15) is 0 Å². The lowest BCUT2D eigenvalue weighted by atomic mass is 9.95. The number of carbonyl (C=O) groups excluding carboxylic acids is 1. The Labute approximate surface area is 154 Å². The van der Waals surface area contributed by atoms with Crippen LogP contribution in [-0.2, 0) is 9.53 Å². The minimum Gasteiger partial charge on any atom is -0.494 e. The lowest BCUT2D eigenvalue weighted by Gasteiger charge is -2.29. The van der Waals surface area contributed by atoms with Gasteiger partial charge in [0.25, 0.3) is 0 Å². The molecule has 134 valence electrons. The summed E-state index contributed by atoms with van der Waals surface area (Å²) in [5, 5.41) is 6.60. The van der Waals surface area contributed by atoms with E-state index in [0.29, 0.717) is 23.0 Å². The smallest absolute Gasteiger partial charge is 0.338 e. The maximum atomic E-state index is 12.4. The van der Waals surface area contributed by atoms with Crippen LogP contribution in [0.3, 0.4) is 0 Å². The summed E-state index contributed by atoms with van der Waals surface area (Å²) in [7, 11) is 0. The predicted molar refractivity (Wildman–Crippen MR) is 102 cm³/mol. The molecule has 0 fully saturated rings. The van der Waals surface area contributed by atoms with Gasteiger partial charge in [-0.05, 0) is 43.3 Å². The highest BCUT2D eigenvalue weighted by atomic mass is 32.1. The predicted octanol–water partition coefficient (Wildman–Crippen LogP) is 3.39. The molecule has 1 aliphatic heterocycles. The molecule has 2 N–H and O–H groups in total. The molecule has 0 aliphatic carbocycles. The van der Waals surface area contributed by atoms with Gasteiger partial charge in [0.05, 0.1) is 18.2 Å². The van der Waals surface area contributed by atoms with Gasteiger partial charge < -0.3 is 20.1 Å². The Kier molecular flexibility index (Phi) is 7.01. The van der Waals surface area contributed by atoms with Crippen molar-refractivity contribution in [3.63, 3.8) is 0 Å². The third-order valence-corrected chi connectivity index (χ3v) is 4.02. The number of unbranched alkanes of at least 4 members (excludes halogenated alkanes) is 1. The molecule has 6 heteroatoms. The van der Waals surface area contributed by atoms with Crippen molar-refractivity contribution in [3.8, 4) is 5.75 Å². The number of rotatable bonds is 8. The summed E-state index contributed by atoms with van der Waals surface area (Å²) < 4.78 is 10.9. The lowest BCUT2D eigenvalue weighted by Crippen LogP contribution is -2.45. The van der Waals surface area contributed by atoms with Crippen molar-refractivity contribution in [2.45, 2.75) is 32.7 Å². The molecule has 25 heavy (non-hydrogen) atoms. The fourth-order valence-electron chi connectivity index (χ4n) is 2.52. The fraction of sp³-hybridized carbons (Fsp3) is 0.368. The van der Waals surface area contributed by atoms with E-state index >= 15 is 0 Å². The first-order chi connectivity index (χ1) is 12.1. The molecule has 1 aromatic rings. The van der Waals surface area contributed by atoms with Crippen molar-refractivity contribution in [1.29, 1.82) is 0 Å². The summed E-state index contributed by atoms with van der Waals surface area (Å²) in [5.74, 6) is 0.415. The quantitative estimate of drug-likeness (QED) is 0.321. The monoisotopic (exact) mass is 360 g/mol. The van der Waals surface area contributed by atoms with Crippen molar-refractivity contribution in [1.82, 2.24) is 10.6 Å². The van der Waals surface area contributed by atoms with Crippen LogP contribution in [0.25, 0.3) is 0 Å². The Morgan fingerprint density at radius 3 is 2.72 bits per heavy atom. The molecule has 1 aliphatic rings. The molecule has 0 saturated carbocycles. The Morgan fingerprint density at radius 1 is 1.36 bits per heavy atom. The molecular weight excluding hydrogens is 336 g/mol. The number of thiocarbonyl (C=S) groups is 1. The topological polar surface area (TPSA) is 59.6 Å². The summed E-state index contributed by atoms with van der Waals surface area (Å²) in [6, 6.07) is 7.30. The Morgan fingerprint density at radius 2 is 2.08 bits per heavy atom. The van der Waals surface area contributed by atoms with Crippen LogP contribution in [0.15, 0.2) is 48.2 Å². The second-order valence-electron chi connectivity index (χ2n) is 5.73. The van der Waals surface area contributed by atoms with Crippen molar-refractivity contribution < 1.29 is 14.3 Å². The standard InChI is InChI=1S/C19H24N2O3S/c1-4-6-12-23-15-9-7-14(8-10-15)17-16(18(22)24-11-5-2)13(3)20-19(25)21-17/h5,7-10,17H,2,4,6,11-12H2,1,3H3,(H2,20,21,25). The molecule has 0 aromatic heterocycles. The molecule has 1 unspecified atom stereocenters. The van der Waals surface area contributed by atoms with Crippen LogP contribution in [-0.4, -0.2) is 24.3 Å². The van der Waals surface area contributed by atoms with E-state index in [1.165, 1.54) is 0 Å². The van der Waals surface area contributed by atoms with Crippen LogP contribution in [0.4, 0.5) is 0 Å². The highest BCUT2D eigenvalue weighted by molar-refractivity contribution is 7.80. The normalized spacial score (nSPS) is 16.7. The van der Waals surface area contributed by atoms with E-state index in [4.69, 9.17) is 21.7 Å². The van der Waals surface area contributed by atoms with E-state index in [9.17, 15) is 4.79 Å². The lowest BCUT2D eigenvalue weighted by molar-refractivity contribution is -0.138. The molecule has 2 rings (SSSR count). The van der Waals surface area contributed by atoms with Crippen LogP contribution < -0.4 is 15.4 Å². The van der Waals surface area contributed by atoms with Gasteiger partial charge in [-0.3, -0.25) is 0 Å². The zero-order chi connectivity index (χ0) is 18.2. The Bertz CT molecular complexity index is 668. The average Bonchev–Trinajstić information content (AvgIpc) is 2.60. The maximum absolute atomic E-state index is 12.4. The van der Waals surface area contributed by atoms with Crippen LogP contribution >= 0.6 is 12.2 Å². The first-order valence-electron chi connectivity index (χ1n) is 8.35. The summed E-state index contributed by atoms with van der Waals surface area (Å²) in [4.78, 5) is 12.4. The van der Waals surface area contributed by atoms with Crippen molar-refractivity contribution in [2.75, 3.05) is 13.2 Å². The van der Waals surface area contributed by atoms with Crippen LogP contribution in [0.5, 0.6) is 5.75 Å². The number of ether oxygens (including phenoxy) is 2. The van der Waals surface area contributed by atoms with Gasteiger partial charge in [0.2, 0.25) is 0 Å². The summed E-state index contributed by atoms with van der Waals surface area (Å²) in [5.41, 5.74) is 2.11. The van der Waals surface area contributed by atoms with Gasteiger partial charge in [-0.25, -0.2) is 4.79 Å². The summed E-state index contributed by atoms with van der Waals surface area (Å²) in [6.07, 6.45) is 3.65. The Hall–Kier alpha value is -2.34. The van der Waals surface area contributed by atoms with E-state index in [0.717, 1.165) is 24.2 Å². The second-order valence-corrected chi connectivity index (χ2v) is 6.14. The minimum absolute atomic E-state index is 0.164. The van der Waals surface area contributed by atoms with Gasteiger partial charge in [0.1, 0.15) is 12.4 Å². The van der Waals surface area contributed by atoms with Crippen molar-refractivity contribution in [3.05, 3.63) is 53.8 Å². The van der Waals surface area contributed by atoms with Gasteiger partial charge in [0.15, 0.2) is 5.11 Å². The van der Waals surface area contributed by atoms with Gasteiger partial charge in [0, 0.05) is 5.70 Å². The number of benzene rings is 1. The largest absolute Gasteiger partial charge is 0.494 e. The van der Waals surface area contributed by atoms with Crippen LogP contribution in [0.2, 0.25) is 0 Å². The zero-order valence-electron chi connectivity index (χ0n) is 14.6. The molecule has 1 atom stereocenters. The van der Waals surface area contributed by atoms with Crippen LogP contribution in [0.1, 0.15) is 38.3 Å². The third kappa shape index (κ3) is 5.06. The zero-order valence-corrected chi connectivity index (χ0v) is 15.4. The van der Waals surface area contributed by atoms with Crippen LogP contribution in [0, 0.1) is 0 Å². The van der Waals surface area contributed by atoms with E-state index in [2.05, 4.69) is 24.1 Å². The number of nitrogens with one attached hydrogen (secondary N) is 2. The van der Waals surface area contributed by atoms with Crippen molar-refractivity contribution >= 4 is 23.3 Å². The van der Waals surface area contributed by atoms with E-state index in [-0.39, 0.29) is 12.6 Å². The molecule has 0 amide bonds. The Balaban J connectivity index is 2.21. The van der Waals surface area contributed by atoms with Gasteiger partial charge in [-0.1, -0.05) is 38.1 Å². The van der Waals surface area contributed by atoms with Crippen molar-refractivity contribution in [2.24, 2.45) is 0 Å².